The molecule has 0 saturated heterocycles. The quantitative estimate of drug-likeness (QED) is 0.758. The average Bonchev–Trinajstić information content (AvgIpc) is 2.49. The zero-order valence-corrected chi connectivity index (χ0v) is 14.4. The van der Waals surface area contributed by atoms with Crippen molar-refractivity contribution in [2.75, 3.05) is 37.5 Å². The maximum absolute atomic E-state index is 5.26. The van der Waals surface area contributed by atoms with Gasteiger partial charge in [0.2, 0.25) is 0 Å². The average molecular weight is 294 g/mol. The molecule has 0 amide bonds. The van der Waals surface area contributed by atoms with E-state index in [2.05, 4.69) is 42.9 Å². The number of hydrogen-bond donors (Lipinski definition) is 1. The molecule has 1 aromatic rings. The summed E-state index contributed by atoms with van der Waals surface area (Å²) in [5.41, 5.74) is 1.11. The van der Waals surface area contributed by atoms with Crippen molar-refractivity contribution in [2.24, 2.45) is 0 Å². The number of anilines is 2. The molecule has 1 N–H and O–H groups in total. The Balaban J connectivity index is 3.23. The van der Waals surface area contributed by atoms with Gasteiger partial charge in [-0.15, -0.1) is 0 Å². The summed E-state index contributed by atoms with van der Waals surface area (Å²) in [6, 6.07) is 0.424. The molecule has 0 aromatic carbocycles. The Morgan fingerprint density at radius 2 is 2.00 bits per heavy atom. The molecule has 0 aliphatic rings. The van der Waals surface area contributed by atoms with Crippen LogP contribution in [0.1, 0.15) is 45.0 Å². The minimum Gasteiger partial charge on any atom is -0.383 e. The van der Waals surface area contributed by atoms with Gasteiger partial charge < -0.3 is 15.0 Å². The molecule has 120 valence electrons. The molecular weight excluding hydrogens is 264 g/mol. The Bertz CT molecular complexity index is 437. The van der Waals surface area contributed by atoms with Gasteiger partial charge in [-0.2, -0.15) is 0 Å². The number of ether oxygens (including phenoxy) is 1. The van der Waals surface area contributed by atoms with Gasteiger partial charge in [0.25, 0.3) is 0 Å². The molecule has 0 spiro atoms. The van der Waals surface area contributed by atoms with E-state index >= 15 is 0 Å². The van der Waals surface area contributed by atoms with Crippen LogP contribution in [0.15, 0.2) is 0 Å². The van der Waals surface area contributed by atoms with Crippen molar-refractivity contribution in [2.45, 2.75) is 53.0 Å². The molecule has 0 fully saturated rings. The molecule has 0 saturated carbocycles. The van der Waals surface area contributed by atoms with Gasteiger partial charge in [0.05, 0.1) is 6.61 Å². The van der Waals surface area contributed by atoms with E-state index < -0.39 is 0 Å². The Labute approximate surface area is 129 Å². The van der Waals surface area contributed by atoms with E-state index in [9.17, 15) is 0 Å². The maximum Gasteiger partial charge on any atom is 0.137 e. The van der Waals surface area contributed by atoms with Crippen molar-refractivity contribution in [3.63, 3.8) is 0 Å². The molecule has 5 nitrogen and oxygen atoms in total. The lowest BCUT2D eigenvalue weighted by Gasteiger charge is -2.31. The second-order valence-corrected chi connectivity index (χ2v) is 5.38. The predicted octanol–water partition coefficient (Wildman–Crippen LogP) is 3.03. The van der Waals surface area contributed by atoms with Gasteiger partial charge in [0.15, 0.2) is 0 Å². The number of aromatic nitrogens is 2. The third-order valence-electron chi connectivity index (χ3n) is 3.81. The molecule has 1 unspecified atom stereocenters. The number of methoxy groups -OCH3 is 1. The van der Waals surface area contributed by atoms with E-state index in [-0.39, 0.29) is 0 Å². The predicted molar refractivity (Wildman–Crippen MR) is 89.3 cm³/mol. The van der Waals surface area contributed by atoms with Crippen LogP contribution in [-0.4, -0.2) is 43.3 Å². The second-order valence-electron chi connectivity index (χ2n) is 5.38. The SMILES string of the molecule is CCCc1nc(NC)c(C)c(N(CCOC)C(C)CC)n1. The van der Waals surface area contributed by atoms with Crippen LogP contribution in [0.3, 0.4) is 0 Å². The molecular formula is C16H30N4O. The largest absolute Gasteiger partial charge is 0.383 e. The summed E-state index contributed by atoms with van der Waals surface area (Å²) in [6.45, 7) is 10.2. The number of rotatable bonds is 9. The highest BCUT2D eigenvalue weighted by Gasteiger charge is 2.19. The van der Waals surface area contributed by atoms with Gasteiger partial charge in [0, 0.05) is 38.7 Å². The van der Waals surface area contributed by atoms with Crippen LogP contribution < -0.4 is 10.2 Å². The highest BCUT2D eigenvalue weighted by molar-refractivity contribution is 5.59. The monoisotopic (exact) mass is 294 g/mol. The third-order valence-corrected chi connectivity index (χ3v) is 3.81. The molecule has 5 heteroatoms. The Morgan fingerprint density at radius 3 is 2.52 bits per heavy atom. The molecule has 1 aromatic heterocycles. The molecule has 1 atom stereocenters. The molecule has 1 heterocycles. The molecule has 0 aliphatic carbocycles. The van der Waals surface area contributed by atoms with E-state index in [1.165, 1.54) is 0 Å². The van der Waals surface area contributed by atoms with Gasteiger partial charge >= 0.3 is 0 Å². The van der Waals surface area contributed by atoms with Crippen LogP contribution >= 0.6 is 0 Å². The van der Waals surface area contributed by atoms with Gasteiger partial charge in [-0.3, -0.25) is 0 Å². The second kappa shape index (κ2) is 8.82. The van der Waals surface area contributed by atoms with Crippen molar-refractivity contribution in [3.05, 3.63) is 11.4 Å². The minimum atomic E-state index is 0.424. The van der Waals surface area contributed by atoms with Crippen molar-refractivity contribution in [1.82, 2.24) is 9.97 Å². The first-order valence-electron chi connectivity index (χ1n) is 7.89. The van der Waals surface area contributed by atoms with Crippen molar-refractivity contribution < 1.29 is 4.74 Å². The molecule has 0 aliphatic heterocycles. The first-order chi connectivity index (χ1) is 10.1. The smallest absolute Gasteiger partial charge is 0.137 e. The normalized spacial score (nSPS) is 12.3. The fraction of sp³-hybridized carbons (Fsp3) is 0.750. The topological polar surface area (TPSA) is 50.3 Å². The van der Waals surface area contributed by atoms with Crippen LogP contribution in [0, 0.1) is 6.92 Å². The highest BCUT2D eigenvalue weighted by Crippen LogP contribution is 2.26. The molecule has 0 radical (unpaired) electrons. The number of nitrogens with zero attached hydrogens (tertiary/aromatic N) is 3. The lowest BCUT2D eigenvalue weighted by molar-refractivity contribution is 0.203. The van der Waals surface area contributed by atoms with Crippen molar-refractivity contribution >= 4 is 11.6 Å². The fourth-order valence-electron chi connectivity index (χ4n) is 2.35. The lowest BCUT2D eigenvalue weighted by atomic mass is 10.2. The number of nitrogens with one attached hydrogen (secondary N) is 1. The van der Waals surface area contributed by atoms with Crippen LogP contribution in [0.4, 0.5) is 11.6 Å². The fourth-order valence-corrected chi connectivity index (χ4v) is 2.35. The standard InChI is InChI=1S/C16H30N4O/c1-7-9-14-18-15(17-5)13(4)16(19-14)20(10-11-21-6)12(3)8-2/h12H,7-11H2,1-6H3,(H,17,18,19). The first kappa shape index (κ1) is 17.7. The van der Waals surface area contributed by atoms with Crippen molar-refractivity contribution in [3.8, 4) is 0 Å². The van der Waals surface area contributed by atoms with Crippen LogP contribution in [0.2, 0.25) is 0 Å². The third kappa shape index (κ3) is 4.56. The summed E-state index contributed by atoms with van der Waals surface area (Å²) in [7, 11) is 3.65. The van der Waals surface area contributed by atoms with E-state index in [1.54, 1.807) is 7.11 Å². The Morgan fingerprint density at radius 1 is 1.29 bits per heavy atom. The zero-order valence-electron chi connectivity index (χ0n) is 14.4. The van der Waals surface area contributed by atoms with Gasteiger partial charge in [-0.25, -0.2) is 9.97 Å². The van der Waals surface area contributed by atoms with Crippen LogP contribution in [0.25, 0.3) is 0 Å². The lowest BCUT2D eigenvalue weighted by Crippen LogP contribution is -2.37. The van der Waals surface area contributed by atoms with Crippen LogP contribution in [-0.2, 0) is 11.2 Å². The minimum absolute atomic E-state index is 0.424. The van der Waals surface area contributed by atoms with E-state index in [4.69, 9.17) is 9.72 Å². The summed E-state index contributed by atoms with van der Waals surface area (Å²) >= 11 is 0. The summed E-state index contributed by atoms with van der Waals surface area (Å²) < 4.78 is 5.26. The molecule has 21 heavy (non-hydrogen) atoms. The summed E-state index contributed by atoms with van der Waals surface area (Å²) in [5, 5.41) is 3.19. The van der Waals surface area contributed by atoms with Gasteiger partial charge in [-0.05, 0) is 26.7 Å². The van der Waals surface area contributed by atoms with Crippen molar-refractivity contribution in [1.29, 1.82) is 0 Å². The Kier molecular flexibility index (Phi) is 7.43. The Hall–Kier alpha value is -1.36. The first-order valence-corrected chi connectivity index (χ1v) is 7.89. The number of hydrogen-bond acceptors (Lipinski definition) is 5. The maximum atomic E-state index is 5.26. The zero-order chi connectivity index (χ0) is 15.8. The van der Waals surface area contributed by atoms with E-state index in [0.29, 0.717) is 12.6 Å². The van der Waals surface area contributed by atoms with E-state index in [1.807, 2.05) is 7.05 Å². The molecule has 1 rings (SSSR count). The number of aryl methyl sites for hydroxylation is 1. The summed E-state index contributed by atoms with van der Waals surface area (Å²) in [6.07, 6.45) is 3.03. The van der Waals surface area contributed by atoms with E-state index in [0.717, 1.165) is 48.8 Å². The summed E-state index contributed by atoms with van der Waals surface area (Å²) in [4.78, 5) is 11.8. The van der Waals surface area contributed by atoms with Crippen LogP contribution in [0.5, 0.6) is 0 Å². The summed E-state index contributed by atoms with van der Waals surface area (Å²) in [5.74, 6) is 2.87. The van der Waals surface area contributed by atoms with Gasteiger partial charge in [0.1, 0.15) is 17.5 Å². The van der Waals surface area contributed by atoms with Gasteiger partial charge in [-0.1, -0.05) is 13.8 Å². The highest BCUT2D eigenvalue weighted by atomic mass is 16.5. The molecule has 0 bridgehead atoms.